The topological polar surface area (TPSA) is 65.5 Å². The summed E-state index contributed by atoms with van der Waals surface area (Å²) in [4.78, 5) is 16.2. The third-order valence-corrected chi connectivity index (χ3v) is 4.29. The number of amides is 1. The summed E-state index contributed by atoms with van der Waals surface area (Å²) in [6, 6.07) is 5.57. The number of nitrogens with zero attached hydrogens (tertiary/aromatic N) is 1. The van der Waals surface area contributed by atoms with Gasteiger partial charge in [0, 0.05) is 26.6 Å². The molecule has 24 heavy (non-hydrogen) atoms. The molecule has 0 aliphatic carbocycles. The Bertz CT molecular complexity index is 556. The van der Waals surface area contributed by atoms with Crippen molar-refractivity contribution in [1.29, 1.82) is 0 Å². The van der Waals surface area contributed by atoms with Crippen LogP contribution in [0.5, 0.6) is 0 Å². The van der Waals surface area contributed by atoms with Gasteiger partial charge < -0.3 is 16.0 Å². The van der Waals surface area contributed by atoms with E-state index in [0.29, 0.717) is 29.6 Å². The van der Waals surface area contributed by atoms with E-state index < -0.39 is 0 Å². The fourth-order valence-corrected chi connectivity index (χ4v) is 2.55. The summed E-state index contributed by atoms with van der Waals surface area (Å²) in [5.74, 6) is 1.28. The summed E-state index contributed by atoms with van der Waals surface area (Å²) in [5.41, 5.74) is 1.70. The first-order valence-electron chi connectivity index (χ1n) is 8.50. The highest BCUT2D eigenvalue weighted by atomic mass is 35.5. The second-order valence-corrected chi connectivity index (χ2v) is 6.25. The van der Waals surface area contributed by atoms with Crippen molar-refractivity contribution >= 4 is 29.2 Å². The van der Waals surface area contributed by atoms with Crippen LogP contribution in [0.4, 0.5) is 5.69 Å². The summed E-state index contributed by atoms with van der Waals surface area (Å²) >= 11 is 6.12. The third-order valence-electron chi connectivity index (χ3n) is 3.98. The average molecular weight is 353 g/mol. The number of anilines is 1. The van der Waals surface area contributed by atoms with Crippen LogP contribution in [0.25, 0.3) is 0 Å². The molecule has 0 saturated carbocycles. The Morgan fingerprint density at radius 3 is 2.54 bits per heavy atom. The molecule has 0 aliphatic rings. The number of halogens is 1. The number of aryl methyl sites for hydroxylation is 1. The number of nitrogens with one attached hydrogen (secondary N) is 3. The fourth-order valence-electron chi connectivity index (χ4n) is 2.27. The van der Waals surface area contributed by atoms with Gasteiger partial charge in [-0.3, -0.25) is 9.79 Å². The predicted molar refractivity (Wildman–Crippen MR) is 103 cm³/mol. The number of carbonyl (C=O) groups excluding carboxylic acids is 1. The first-order chi connectivity index (χ1) is 11.5. The first kappa shape index (κ1) is 20.3. The molecule has 1 aromatic rings. The standard InChI is InChI=1S/C18H29ClN4O/c1-5-14(6-2)12-22-18(20-4)21-10-9-17(24)23-16-8-7-13(3)11-15(16)19/h7-8,11,14H,5-6,9-10,12H2,1-4H3,(H,23,24)(H2,20,21,22). The number of hydrogen-bond donors (Lipinski definition) is 3. The average Bonchev–Trinajstić information content (AvgIpc) is 2.56. The molecule has 134 valence electrons. The van der Waals surface area contributed by atoms with E-state index in [1.54, 1.807) is 7.05 Å². The SMILES string of the molecule is CCC(CC)CNC(=NC)NCCC(=O)Nc1ccc(C)cc1Cl. The predicted octanol–water partition coefficient (Wildman–Crippen LogP) is 3.58. The summed E-state index contributed by atoms with van der Waals surface area (Å²) < 4.78 is 0. The molecule has 0 heterocycles. The number of benzene rings is 1. The molecule has 0 bridgehead atoms. The van der Waals surface area contributed by atoms with E-state index in [2.05, 4.69) is 34.8 Å². The molecule has 0 radical (unpaired) electrons. The molecule has 0 saturated heterocycles. The molecule has 0 spiro atoms. The molecular weight excluding hydrogens is 324 g/mol. The van der Waals surface area contributed by atoms with E-state index in [1.807, 2.05) is 25.1 Å². The number of carbonyl (C=O) groups is 1. The Balaban J connectivity index is 2.35. The van der Waals surface area contributed by atoms with Crippen molar-refractivity contribution in [3.63, 3.8) is 0 Å². The molecule has 0 fully saturated rings. The zero-order chi connectivity index (χ0) is 17.9. The maximum atomic E-state index is 12.0. The Labute approximate surface area is 150 Å². The van der Waals surface area contributed by atoms with E-state index in [-0.39, 0.29) is 5.91 Å². The van der Waals surface area contributed by atoms with Crippen LogP contribution in [0.3, 0.4) is 0 Å². The smallest absolute Gasteiger partial charge is 0.226 e. The third kappa shape index (κ3) is 7.21. The molecular formula is C18H29ClN4O. The van der Waals surface area contributed by atoms with Crippen molar-refractivity contribution in [3.8, 4) is 0 Å². The molecule has 1 amide bonds. The van der Waals surface area contributed by atoms with Crippen LogP contribution in [0, 0.1) is 12.8 Å². The van der Waals surface area contributed by atoms with E-state index in [1.165, 1.54) is 0 Å². The highest BCUT2D eigenvalue weighted by molar-refractivity contribution is 6.33. The molecule has 6 heteroatoms. The zero-order valence-corrected chi connectivity index (χ0v) is 15.8. The van der Waals surface area contributed by atoms with Crippen molar-refractivity contribution in [1.82, 2.24) is 10.6 Å². The van der Waals surface area contributed by atoms with E-state index in [0.717, 1.165) is 30.9 Å². The van der Waals surface area contributed by atoms with E-state index in [9.17, 15) is 4.79 Å². The fraction of sp³-hybridized carbons (Fsp3) is 0.556. The number of guanidine groups is 1. The molecule has 5 nitrogen and oxygen atoms in total. The Hall–Kier alpha value is -1.75. The largest absolute Gasteiger partial charge is 0.356 e. The minimum atomic E-state index is -0.0799. The van der Waals surface area contributed by atoms with E-state index >= 15 is 0 Å². The molecule has 0 atom stereocenters. The van der Waals surface area contributed by atoms with Crippen LogP contribution < -0.4 is 16.0 Å². The van der Waals surface area contributed by atoms with Gasteiger partial charge in [0.05, 0.1) is 10.7 Å². The van der Waals surface area contributed by atoms with Crippen LogP contribution in [0.2, 0.25) is 5.02 Å². The lowest BCUT2D eigenvalue weighted by Crippen LogP contribution is -2.40. The Morgan fingerprint density at radius 1 is 1.25 bits per heavy atom. The second kappa shape index (κ2) is 10.9. The normalized spacial score (nSPS) is 11.5. The van der Waals surface area contributed by atoms with Crippen LogP contribution in [-0.4, -0.2) is 32.0 Å². The molecule has 0 unspecified atom stereocenters. The summed E-state index contributed by atoms with van der Waals surface area (Å²) in [5, 5.41) is 9.84. The van der Waals surface area contributed by atoms with Crippen LogP contribution >= 0.6 is 11.6 Å². The van der Waals surface area contributed by atoms with Gasteiger partial charge in [0.25, 0.3) is 0 Å². The van der Waals surface area contributed by atoms with Crippen LogP contribution in [0.15, 0.2) is 23.2 Å². The number of hydrogen-bond acceptors (Lipinski definition) is 2. The van der Waals surface area contributed by atoms with E-state index in [4.69, 9.17) is 11.6 Å². The van der Waals surface area contributed by atoms with Crippen molar-refractivity contribution in [3.05, 3.63) is 28.8 Å². The molecule has 0 aromatic heterocycles. The van der Waals surface area contributed by atoms with Gasteiger partial charge in [-0.25, -0.2) is 0 Å². The first-order valence-corrected chi connectivity index (χ1v) is 8.88. The Morgan fingerprint density at radius 2 is 1.96 bits per heavy atom. The van der Waals surface area contributed by atoms with Gasteiger partial charge in [-0.05, 0) is 30.5 Å². The van der Waals surface area contributed by atoms with Gasteiger partial charge in [-0.2, -0.15) is 0 Å². The van der Waals surface area contributed by atoms with Gasteiger partial charge in [0.15, 0.2) is 5.96 Å². The van der Waals surface area contributed by atoms with Crippen molar-refractivity contribution < 1.29 is 4.79 Å². The minimum absolute atomic E-state index is 0.0799. The zero-order valence-electron chi connectivity index (χ0n) is 15.1. The van der Waals surface area contributed by atoms with Crippen molar-refractivity contribution in [2.75, 3.05) is 25.5 Å². The highest BCUT2D eigenvalue weighted by Gasteiger charge is 2.08. The summed E-state index contributed by atoms with van der Waals surface area (Å²) in [6.07, 6.45) is 2.62. The maximum absolute atomic E-state index is 12.0. The number of rotatable bonds is 8. The molecule has 1 rings (SSSR count). The van der Waals surface area contributed by atoms with Gasteiger partial charge >= 0.3 is 0 Å². The van der Waals surface area contributed by atoms with Crippen molar-refractivity contribution in [2.45, 2.75) is 40.0 Å². The lowest BCUT2D eigenvalue weighted by molar-refractivity contribution is -0.116. The molecule has 3 N–H and O–H groups in total. The van der Waals surface area contributed by atoms with Gasteiger partial charge in [0.1, 0.15) is 0 Å². The quantitative estimate of drug-likeness (QED) is 0.495. The maximum Gasteiger partial charge on any atom is 0.226 e. The monoisotopic (exact) mass is 352 g/mol. The van der Waals surface area contributed by atoms with Gasteiger partial charge in [-0.15, -0.1) is 0 Å². The Kier molecular flexibility index (Phi) is 9.23. The molecule has 0 aliphatic heterocycles. The van der Waals surface area contributed by atoms with Gasteiger partial charge in [-0.1, -0.05) is 44.4 Å². The minimum Gasteiger partial charge on any atom is -0.356 e. The second-order valence-electron chi connectivity index (χ2n) is 5.84. The number of aliphatic imine (C=N–C) groups is 1. The molecule has 1 aromatic carbocycles. The lowest BCUT2D eigenvalue weighted by atomic mass is 10.0. The lowest BCUT2D eigenvalue weighted by Gasteiger charge is -2.16. The van der Waals surface area contributed by atoms with Gasteiger partial charge in [0.2, 0.25) is 5.91 Å². The van der Waals surface area contributed by atoms with Crippen LogP contribution in [-0.2, 0) is 4.79 Å². The summed E-state index contributed by atoms with van der Waals surface area (Å²) in [6.45, 7) is 7.73. The summed E-state index contributed by atoms with van der Waals surface area (Å²) in [7, 11) is 1.73. The van der Waals surface area contributed by atoms with Crippen LogP contribution in [0.1, 0.15) is 38.7 Å². The van der Waals surface area contributed by atoms with Crippen molar-refractivity contribution in [2.24, 2.45) is 10.9 Å². The highest BCUT2D eigenvalue weighted by Crippen LogP contribution is 2.22.